The number of benzene rings is 5. The Morgan fingerprint density at radius 1 is 0.674 bits per heavy atom. The van der Waals surface area contributed by atoms with E-state index in [0.717, 1.165) is 59.1 Å². The molecule has 2 aliphatic heterocycles. The molecule has 0 aromatic heterocycles. The minimum atomic E-state index is 0.237. The number of aryl methyl sites for hydroxylation is 1. The standard InChI is InChI=1S/C41H39NO4/c1-30-7-15-35(16-8-30)42(36-17-9-31(10-18-36)23-24-43-26-39-27-45-39)37-19-11-32(12-20-37)25-41(33-5-3-2-4-6-33)34-13-21-38(22-14-34)44-28-40-29-46-40/h2-22,25,39-40H,23-24,26-29H2,1H3. The molecule has 7 rings (SSSR count). The second-order valence-corrected chi connectivity index (χ2v) is 11.9. The molecule has 5 heteroatoms. The second-order valence-electron chi connectivity index (χ2n) is 11.9. The third kappa shape index (κ3) is 7.93. The van der Waals surface area contributed by atoms with Gasteiger partial charge >= 0.3 is 0 Å². The van der Waals surface area contributed by atoms with E-state index in [9.17, 15) is 0 Å². The summed E-state index contributed by atoms with van der Waals surface area (Å²) in [4.78, 5) is 2.31. The smallest absolute Gasteiger partial charge is 0.119 e. The Bertz CT molecular complexity index is 1720. The Labute approximate surface area is 271 Å². The van der Waals surface area contributed by atoms with Crippen LogP contribution in [-0.2, 0) is 20.6 Å². The van der Waals surface area contributed by atoms with Crippen molar-refractivity contribution in [3.63, 3.8) is 0 Å². The summed E-state index contributed by atoms with van der Waals surface area (Å²) in [7, 11) is 0. The largest absolute Gasteiger partial charge is 0.491 e. The first-order valence-corrected chi connectivity index (χ1v) is 16.0. The fourth-order valence-corrected chi connectivity index (χ4v) is 5.44. The molecular formula is C41H39NO4. The van der Waals surface area contributed by atoms with E-state index in [4.69, 9.17) is 18.9 Å². The lowest BCUT2D eigenvalue weighted by Gasteiger charge is -2.26. The molecule has 0 aliphatic carbocycles. The molecule has 5 nitrogen and oxygen atoms in total. The highest BCUT2D eigenvalue weighted by Crippen LogP contribution is 2.36. The Kier molecular flexibility index (Phi) is 9.24. The van der Waals surface area contributed by atoms with Gasteiger partial charge in [0.15, 0.2) is 0 Å². The number of nitrogens with zero attached hydrogens (tertiary/aromatic N) is 1. The first-order chi connectivity index (χ1) is 22.7. The van der Waals surface area contributed by atoms with Crippen LogP contribution in [-0.4, -0.2) is 45.2 Å². The summed E-state index contributed by atoms with van der Waals surface area (Å²) in [6, 6.07) is 45.2. The zero-order valence-corrected chi connectivity index (χ0v) is 26.2. The van der Waals surface area contributed by atoms with Crippen LogP contribution in [0.25, 0.3) is 11.6 Å². The maximum absolute atomic E-state index is 5.88. The number of hydrogen-bond acceptors (Lipinski definition) is 5. The first kappa shape index (κ1) is 30.0. The Morgan fingerprint density at radius 3 is 1.87 bits per heavy atom. The van der Waals surface area contributed by atoms with Gasteiger partial charge < -0.3 is 23.8 Å². The van der Waals surface area contributed by atoms with Crippen molar-refractivity contribution in [1.82, 2.24) is 0 Å². The first-order valence-electron chi connectivity index (χ1n) is 16.0. The lowest BCUT2D eigenvalue weighted by Crippen LogP contribution is -2.10. The van der Waals surface area contributed by atoms with Crippen molar-refractivity contribution in [2.24, 2.45) is 0 Å². The maximum Gasteiger partial charge on any atom is 0.119 e. The summed E-state index contributed by atoms with van der Waals surface area (Å²) in [5.41, 5.74) is 10.4. The number of rotatable bonds is 14. The van der Waals surface area contributed by atoms with Crippen molar-refractivity contribution in [3.8, 4) is 5.75 Å². The van der Waals surface area contributed by atoms with Crippen LogP contribution in [0.1, 0.15) is 27.8 Å². The highest BCUT2D eigenvalue weighted by atomic mass is 16.6. The van der Waals surface area contributed by atoms with Gasteiger partial charge in [0.25, 0.3) is 0 Å². The minimum absolute atomic E-state index is 0.237. The molecule has 2 fully saturated rings. The highest BCUT2D eigenvalue weighted by Gasteiger charge is 2.23. The van der Waals surface area contributed by atoms with Crippen molar-refractivity contribution in [1.29, 1.82) is 0 Å². The van der Waals surface area contributed by atoms with Crippen molar-refractivity contribution >= 4 is 28.7 Å². The molecule has 0 amide bonds. The Morgan fingerprint density at radius 2 is 1.24 bits per heavy atom. The van der Waals surface area contributed by atoms with Crippen LogP contribution in [0.4, 0.5) is 17.1 Å². The lowest BCUT2D eigenvalue weighted by atomic mass is 9.95. The summed E-state index contributed by atoms with van der Waals surface area (Å²) in [6.45, 7) is 5.73. The van der Waals surface area contributed by atoms with Crippen LogP contribution in [0, 0.1) is 6.92 Å². The van der Waals surface area contributed by atoms with Gasteiger partial charge in [0.05, 0.1) is 26.4 Å². The fraction of sp³-hybridized carbons (Fsp3) is 0.220. The summed E-state index contributed by atoms with van der Waals surface area (Å²) in [5, 5.41) is 0. The van der Waals surface area contributed by atoms with Crippen LogP contribution in [0.2, 0.25) is 0 Å². The predicted molar refractivity (Wildman–Crippen MR) is 185 cm³/mol. The summed E-state index contributed by atoms with van der Waals surface area (Å²) in [5.74, 6) is 0.859. The molecule has 0 N–H and O–H groups in total. The molecule has 2 unspecified atom stereocenters. The van der Waals surface area contributed by atoms with Gasteiger partial charge in [-0.25, -0.2) is 0 Å². The van der Waals surface area contributed by atoms with E-state index in [1.165, 1.54) is 16.7 Å². The van der Waals surface area contributed by atoms with E-state index in [-0.39, 0.29) is 6.10 Å². The van der Waals surface area contributed by atoms with Gasteiger partial charge in [-0.15, -0.1) is 0 Å². The molecule has 2 atom stereocenters. The molecule has 232 valence electrons. The van der Waals surface area contributed by atoms with E-state index in [1.807, 2.05) is 12.1 Å². The zero-order valence-electron chi connectivity index (χ0n) is 26.2. The lowest BCUT2D eigenvalue weighted by molar-refractivity contribution is 0.119. The normalized spacial score (nSPS) is 17.0. The Hall–Kier alpha value is -4.68. The number of hydrogen-bond donors (Lipinski definition) is 0. The van der Waals surface area contributed by atoms with Crippen LogP contribution in [0.3, 0.4) is 0 Å². The highest BCUT2D eigenvalue weighted by molar-refractivity contribution is 5.92. The van der Waals surface area contributed by atoms with E-state index in [1.54, 1.807) is 0 Å². The molecule has 5 aromatic carbocycles. The average molecular weight is 610 g/mol. The van der Waals surface area contributed by atoms with Crippen LogP contribution >= 0.6 is 0 Å². The molecule has 0 spiro atoms. The molecule has 0 saturated carbocycles. The minimum Gasteiger partial charge on any atom is -0.491 e. The van der Waals surface area contributed by atoms with Gasteiger partial charge in [0.1, 0.15) is 24.6 Å². The summed E-state index contributed by atoms with van der Waals surface area (Å²) in [6.07, 6.45) is 3.68. The molecule has 2 saturated heterocycles. The molecule has 5 aromatic rings. The fourth-order valence-electron chi connectivity index (χ4n) is 5.44. The average Bonchev–Trinajstić information content (AvgIpc) is 4.04. The van der Waals surface area contributed by atoms with E-state index in [2.05, 4.69) is 133 Å². The zero-order chi connectivity index (χ0) is 31.1. The van der Waals surface area contributed by atoms with Crippen molar-refractivity contribution in [2.45, 2.75) is 25.6 Å². The van der Waals surface area contributed by atoms with Gasteiger partial charge in [0, 0.05) is 17.1 Å². The van der Waals surface area contributed by atoms with Gasteiger partial charge in [0.2, 0.25) is 0 Å². The van der Waals surface area contributed by atoms with Crippen molar-refractivity contribution in [3.05, 3.63) is 155 Å². The molecule has 46 heavy (non-hydrogen) atoms. The molecule has 0 bridgehead atoms. The van der Waals surface area contributed by atoms with Gasteiger partial charge in [-0.05, 0) is 95.8 Å². The number of anilines is 3. The van der Waals surface area contributed by atoms with Crippen molar-refractivity contribution < 1.29 is 18.9 Å². The number of epoxide rings is 2. The summed E-state index contributed by atoms with van der Waals surface area (Å²) >= 11 is 0. The van der Waals surface area contributed by atoms with E-state index >= 15 is 0 Å². The Balaban J connectivity index is 1.14. The molecule has 2 aliphatic rings. The van der Waals surface area contributed by atoms with Gasteiger partial charge in [-0.3, -0.25) is 0 Å². The number of ether oxygens (including phenoxy) is 4. The van der Waals surface area contributed by atoms with Gasteiger partial charge in [-0.2, -0.15) is 0 Å². The SMILES string of the molecule is Cc1ccc(N(c2ccc(C=C(c3ccccc3)c3ccc(OCC4CO4)cc3)cc2)c2ccc(CCOCC3CO3)cc2)cc1. The monoisotopic (exact) mass is 609 g/mol. The van der Waals surface area contributed by atoms with Crippen LogP contribution < -0.4 is 9.64 Å². The summed E-state index contributed by atoms with van der Waals surface area (Å²) < 4.78 is 22.2. The van der Waals surface area contributed by atoms with Crippen molar-refractivity contribution in [2.75, 3.05) is 37.9 Å². The third-order valence-corrected chi connectivity index (χ3v) is 8.28. The van der Waals surface area contributed by atoms with Crippen LogP contribution in [0.15, 0.2) is 127 Å². The quantitative estimate of drug-likeness (QED) is 0.0716. The predicted octanol–water partition coefficient (Wildman–Crippen LogP) is 8.79. The molecule has 0 radical (unpaired) electrons. The van der Waals surface area contributed by atoms with Crippen LogP contribution in [0.5, 0.6) is 5.75 Å². The molecular weight excluding hydrogens is 570 g/mol. The van der Waals surface area contributed by atoms with E-state index in [0.29, 0.717) is 25.9 Å². The maximum atomic E-state index is 5.88. The van der Waals surface area contributed by atoms with Gasteiger partial charge in [-0.1, -0.05) is 84.4 Å². The van der Waals surface area contributed by atoms with E-state index < -0.39 is 0 Å². The topological polar surface area (TPSA) is 46.8 Å². The molecule has 2 heterocycles. The third-order valence-electron chi connectivity index (χ3n) is 8.28. The second kappa shape index (κ2) is 14.2.